The zero-order valence-corrected chi connectivity index (χ0v) is 13.3. The van der Waals surface area contributed by atoms with E-state index in [1.54, 1.807) is 13.8 Å². The molecule has 0 aromatic heterocycles. The van der Waals surface area contributed by atoms with E-state index in [1.165, 1.54) is 26.0 Å². The third kappa shape index (κ3) is 9.92. The van der Waals surface area contributed by atoms with Crippen LogP contribution in [0.25, 0.3) is 0 Å². The van der Waals surface area contributed by atoms with Gasteiger partial charge in [0.2, 0.25) is 0 Å². The fraction of sp³-hybridized carbons (Fsp3) is 0.455. The average Bonchev–Trinajstić information content (AvgIpc) is 2.15. The number of ether oxygens (including phenoxy) is 1. The summed E-state index contributed by atoms with van der Waals surface area (Å²) in [6.45, 7) is 6.75. The van der Waals surface area contributed by atoms with E-state index < -0.39 is 22.0 Å². The molecular formula is C11H16O5Sn. The Morgan fingerprint density at radius 1 is 1.06 bits per heavy atom. The summed E-state index contributed by atoms with van der Waals surface area (Å²) in [5.74, 6) is 0.472. The van der Waals surface area contributed by atoms with E-state index in [1.807, 2.05) is 0 Å². The minimum absolute atomic E-state index is 0.0776. The van der Waals surface area contributed by atoms with Crippen molar-refractivity contribution in [3.05, 3.63) is 23.9 Å². The third-order valence-electron chi connectivity index (χ3n) is 1.36. The molecule has 0 aromatic rings. The molecule has 5 nitrogen and oxygen atoms in total. The first-order chi connectivity index (χ1) is 7.95. The molecule has 6 heteroatoms. The second-order valence-corrected chi connectivity index (χ2v) is 4.80. The Morgan fingerprint density at radius 2 is 1.65 bits per heavy atom. The van der Waals surface area contributed by atoms with Gasteiger partial charge < -0.3 is 0 Å². The minimum atomic E-state index is -1.63. The molecular weight excluding hydrogens is 331 g/mol. The number of allylic oxidation sites excluding steroid dienone is 3. The Kier molecular flexibility index (Phi) is 8.57. The van der Waals surface area contributed by atoms with Crippen molar-refractivity contribution in [2.45, 2.75) is 27.7 Å². The van der Waals surface area contributed by atoms with Crippen LogP contribution in [0.2, 0.25) is 0 Å². The normalized spacial score (nSPS) is 12.0. The molecule has 0 unspecified atom stereocenters. The second-order valence-electron chi connectivity index (χ2n) is 3.16. The van der Waals surface area contributed by atoms with Gasteiger partial charge in [0.1, 0.15) is 0 Å². The first-order valence-electron chi connectivity index (χ1n) is 5.08. The van der Waals surface area contributed by atoms with E-state index in [0.29, 0.717) is 12.4 Å². The van der Waals surface area contributed by atoms with Crippen molar-refractivity contribution in [1.29, 1.82) is 0 Å². The van der Waals surface area contributed by atoms with Crippen LogP contribution in [0.3, 0.4) is 0 Å². The van der Waals surface area contributed by atoms with Gasteiger partial charge >= 0.3 is 112 Å². The van der Waals surface area contributed by atoms with E-state index in [9.17, 15) is 9.59 Å². The van der Waals surface area contributed by atoms with Gasteiger partial charge in [-0.15, -0.1) is 0 Å². The standard InChI is InChI=1S/C6H10O3.C5H8O2.Sn/c1-3-9-6(8)4-5(2)7;1-4(6)3-5(2)7;/h4,8H,3H2,1-2H3;3,6H,1-2H3;/q;;+2/p-2/b6-4+;4-3-;. The predicted octanol–water partition coefficient (Wildman–Crippen LogP) is 1.51. The molecule has 94 valence electrons. The van der Waals surface area contributed by atoms with Gasteiger partial charge in [-0.1, -0.05) is 0 Å². The second kappa shape index (κ2) is 9.09. The van der Waals surface area contributed by atoms with Crippen LogP contribution in [0.4, 0.5) is 0 Å². The summed E-state index contributed by atoms with van der Waals surface area (Å²) in [6.07, 6.45) is 2.66. The number of hydrogen-bond donors (Lipinski definition) is 0. The van der Waals surface area contributed by atoms with Crippen molar-refractivity contribution in [3.8, 4) is 0 Å². The van der Waals surface area contributed by atoms with Crippen molar-refractivity contribution in [3.63, 3.8) is 0 Å². The summed E-state index contributed by atoms with van der Waals surface area (Å²) in [5.41, 5.74) is 0. The van der Waals surface area contributed by atoms with E-state index >= 15 is 0 Å². The SMILES string of the molecule is CCO/C(=C/C(C)=O)[O][Sn][O]/C(C)=C\C(C)=O. The predicted molar refractivity (Wildman–Crippen MR) is 62.8 cm³/mol. The van der Waals surface area contributed by atoms with Crippen LogP contribution in [-0.4, -0.2) is 40.1 Å². The molecule has 0 saturated carbocycles. The summed E-state index contributed by atoms with van der Waals surface area (Å²) in [7, 11) is 0. The quantitative estimate of drug-likeness (QED) is 0.379. The van der Waals surface area contributed by atoms with Crippen LogP contribution in [0.5, 0.6) is 0 Å². The molecule has 0 aliphatic heterocycles. The van der Waals surface area contributed by atoms with Gasteiger partial charge in [-0.2, -0.15) is 0 Å². The number of rotatable bonds is 8. The van der Waals surface area contributed by atoms with Gasteiger partial charge in [0.25, 0.3) is 0 Å². The van der Waals surface area contributed by atoms with Gasteiger partial charge in [-0.25, -0.2) is 0 Å². The Morgan fingerprint density at radius 3 is 2.12 bits per heavy atom. The summed E-state index contributed by atoms with van der Waals surface area (Å²) in [5, 5.41) is 0. The van der Waals surface area contributed by atoms with Crippen molar-refractivity contribution >= 4 is 33.5 Å². The zero-order chi connectivity index (χ0) is 13.3. The number of carbonyl (C=O) groups excluding carboxylic acids is 2. The summed E-state index contributed by atoms with van der Waals surface area (Å²) in [6, 6.07) is 0. The summed E-state index contributed by atoms with van der Waals surface area (Å²) < 4.78 is 15.6. The monoisotopic (exact) mass is 348 g/mol. The van der Waals surface area contributed by atoms with Gasteiger partial charge in [-0.3, -0.25) is 0 Å². The van der Waals surface area contributed by atoms with Crippen molar-refractivity contribution in [2.75, 3.05) is 6.61 Å². The molecule has 17 heavy (non-hydrogen) atoms. The molecule has 2 radical (unpaired) electrons. The van der Waals surface area contributed by atoms with E-state index in [2.05, 4.69) is 0 Å². The molecule has 0 aliphatic rings. The molecule has 0 rings (SSSR count). The molecule has 0 atom stereocenters. The maximum absolute atomic E-state index is 10.9. The topological polar surface area (TPSA) is 61.8 Å². The molecule has 0 spiro atoms. The molecule has 0 heterocycles. The van der Waals surface area contributed by atoms with Crippen molar-refractivity contribution < 1.29 is 20.5 Å². The Labute approximate surface area is 112 Å². The molecule has 0 saturated heterocycles. The molecule has 0 N–H and O–H groups in total. The fourth-order valence-corrected chi connectivity index (χ4v) is 2.09. The zero-order valence-electron chi connectivity index (χ0n) is 10.4. The Balaban J connectivity index is 4.15. The average molecular weight is 347 g/mol. The molecule has 0 fully saturated rings. The maximum atomic E-state index is 10.9. The van der Waals surface area contributed by atoms with Crippen LogP contribution in [-0.2, 0) is 20.5 Å². The molecule has 0 aliphatic carbocycles. The number of carbonyl (C=O) groups is 2. The Hall–Kier alpha value is -0.981. The summed E-state index contributed by atoms with van der Waals surface area (Å²) in [4.78, 5) is 21.6. The van der Waals surface area contributed by atoms with Gasteiger partial charge in [0.15, 0.2) is 0 Å². The molecule has 0 amide bonds. The van der Waals surface area contributed by atoms with Crippen LogP contribution in [0.1, 0.15) is 27.7 Å². The van der Waals surface area contributed by atoms with E-state index in [-0.39, 0.29) is 17.5 Å². The first kappa shape index (κ1) is 16.0. The Bertz CT molecular complexity index is 333. The van der Waals surface area contributed by atoms with Crippen molar-refractivity contribution in [1.82, 2.24) is 0 Å². The third-order valence-corrected chi connectivity index (χ3v) is 3.33. The van der Waals surface area contributed by atoms with E-state index in [0.717, 1.165) is 0 Å². The van der Waals surface area contributed by atoms with Crippen LogP contribution < -0.4 is 0 Å². The van der Waals surface area contributed by atoms with Gasteiger partial charge in [0.05, 0.1) is 0 Å². The fourth-order valence-electron chi connectivity index (χ4n) is 0.852. The van der Waals surface area contributed by atoms with Gasteiger partial charge in [-0.05, 0) is 0 Å². The van der Waals surface area contributed by atoms with Crippen LogP contribution >= 0.6 is 0 Å². The van der Waals surface area contributed by atoms with E-state index in [4.69, 9.17) is 10.9 Å². The first-order valence-corrected chi connectivity index (χ1v) is 7.41. The molecule has 0 bridgehead atoms. The molecule has 0 aromatic carbocycles. The van der Waals surface area contributed by atoms with Crippen molar-refractivity contribution in [2.24, 2.45) is 0 Å². The summed E-state index contributed by atoms with van der Waals surface area (Å²) >= 11 is -1.63. The number of hydrogen-bond acceptors (Lipinski definition) is 5. The van der Waals surface area contributed by atoms with Gasteiger partial charge in [0, 0.05) is 0 Å². The van der Waals surface area contributed by atoms with Crippen LogP contribution in [0.15, 0.2) is 23.9 Å². The van der Waals surface area contributed by atoms with Crippen LogP contribution in [0, 0.1) is 0 Å². The number of ketones is 2.